The summed E-state index contributed by atoms with van der Waals surface area (Å²) in [4.78, 5) is 0. The third kappa shape index (κ3) is 1.39. The zero-order chi connectivity index (χ0) is 9.26. The summed E-state index contributed by atoms with van der Waals surface area (Å²) in [6, 6.07) is 5.63. The second-order valence-electron chi connectivity index (χ2n) is 2.71. The van der Waals surface area contributed by atoms with Crippen LogP contribution >= 0.6 is 11.6 Å². The van der Waals surface area contributed by atoms with Crippen LogP contribution in [0.2, 0.25) is 5.02 Å². The largest absolute Gasteiger partial charge is 0.253 e. The number of halogens is 1. The van der Waals surface area contributed by atoms with Crippen LogP contribution < -0.4 is 0 Å². The van der Waals surface area contributed by atoms with Crippen LogP contribution in [0.1, 0.15) is 0 Å². The topological polar surface area (TPSA) is 17.8 Å². The van der Waals surface area contributed by atoms with E-state index in [2.05, 4.69) is 11.0 Å². The molecule has 2 rings (SSSR count). The number of aromatic nitrogens is 2. The van der Waals surface area contributed by atoms with Gasteiger partial charge in [-0.15, -0.1) is 6.42 Å². The molecular formula is C10H7ClN2. The van der Waals surface area contributed by atoms with Crippen molar-refractivity contribution in [3.05, 3.63) is 29.4 Å². The molecule has 0 radical (unpaired) electrons. The molecule has 1 heterocycles. The molecule has 1 aromatic heterocycles. The molecule has 0 aliphatic carbocycles. The molecule has 0 N–H and O–H groups in total. The Morgan fingerprint density at radius 1 is 1.54 bits per heavy atom. The average molecular weight is 191 g/mol. The zero-order valence-corrected chi connectivity index (χ0v) is 7.62. The van der Waals surface area contributed by atoms with Gasteiger partial charge < -0.3 is 0 Å². The first kappa shape index (κ1) is 8.15. The molecule has 13 heavy (non-hydrogen) atoms. The third-order valence-corrected chi connectivity index (χ3v) is 2.08. The Bertz CT molecular complexity index is 479. The summed E-state index contributed by atoms with van der Waals surface area (Å²) in [6.07, 6.45) is 6.99. The minimum absolute atomic E-state index is 0.476. The first-order valence-corrected chi connectivity index (χ1v) is 4.23. The summed E-state index contributed by atoms with van der Waals surface area (Å²) in [5.74, 6) is 2.54. The van der Waals surface area contributed by atoms with E-state index in [1.165, 1.54) is 0 Å². The highest BCUT2D eigenvalue weighted by atomic mass is 35.5. The van der Waals surface area contributed by atoms with E-state index in [4.69, 9.17) is 18.0 Å². The minimum Gasteiger partial charge on any atom is -0.253 e. The molecular weight excluding hydrogens is 184 g/mol. The molecule has 0 atom stereocenters. The van der Waals surface area contributed by atoms with E-state index in [0.29, 0.717) is 11.6 Å². The zero-order valence-electron chi connectivity index (χ0n) is 6.87. The Hall–Kier alpha value is -1.46. The van der Waals surface area contributed by atoms with E-state index < -0.39 is 0 Å². The molecule has 2 aromatic rings. The number of hydrogen-bond acceptors (Lipinski definition) is 1. The molecule has 0 aliphatic heterocycles. The summed E-state index contributed by atoms with van der Waals surface area (Å²) in [7, 11) is 0. The predicted octanol–water partition coefficient (Wildman–Crippen LogP) is 2.32. The van der Waals surface area contributed by atoms with Gasteiger partial charge in [-0.25, -0.2) is 0 Å². The van der Waals surface area contributed by atoms with Crippen LogP contribution in [0.4, 0.5) is 0 Å². The minimum atomic E-state index is 0.476. The van der Waals surface area contributed by atoms with Crippen molar-refractivity contribution < 1.29 is 0 Å². The third-order valence-electron chi connectivity index (χ3n) is 1.85. The van der Waals surface area contributed by atoms with Crippen LogP contribution in [0.15, 0.2) is 24.4 Å². The lowest BCUT2D eigenvalue weighted by molar-refractivity contribution is 0.743. The molecule has 1 aromatic carbocycles. The second-order valence-corrected chi connectivity index (χ2v) is 3.15. The maximum absolute atomic E-state index is 5.85. The highest BCUT2D eigenvalue weighted by molar-refractivity contribution is 6.31. The number of terminal acetylenes is 1. The molecule has 3 heteroatoms. The van der Waals surface area contributed by atoms with Gasteiger partial charge in [-0.05, 0) is 18.2 Å². The second kappa shape index (κ2) is 3.12. The number of nitrogens with zero attached hydrogens (tertiary/aromatic N) is 2. The van der Waals surface area contributed by atoms with Gasteiger partial charge in [-0.1, -0.05) is 17.5 Å². The lowest BCUT2D eigenvalue weighted by Gasteiger charge is -1.97. The molecule has 0 fully saturated rings. The van der Waals surface area contributed by atoms with Gasteiger partial charge in [0.15, 0.2) is 0 Å². The van der Waals surface area contributed by atoms with Gasteiger partial charge in [0, 0.05) is 10.4 Å². The van der Waals surface area contributed by atoms with Gasteiger partial charge in [0.1, 0.15) is 6.54 Å². The van der Waals surface area contributed by atoms with Gasteiger partial charge in [0.2, 0.25) is 0 Å². The lowest BCUT2D eigenvalue weighted by Crippen LogP contribution is -1.96. The number of rotatable bonds is 1. The van der Waals surface area contributed by atoms with Crippen LogP contribution in [0.25, 0.3) is 10.9 Å². The van der Waals surface area contributed by atoms with E-state index in [0.717, 1.165) is 10.9 Å². The smallest absolute Gasteiger partial charge is 0.102 e. The summed E-state index contributed by atoms with van der Waals surface area (Å²) in [5, 5.41) is 5.90. The van der Waals surface area contributed by atoms with Crippen molar-refractivity contribution in [1.29, 1.82) is 0 Å². The van der Waals surface area contributed by atoms with Crippen LogP contribution in [0.5, 0.6) is 0 Å². The first-order chi connectivity index (χ1) is 6.31. The highest BCUT2D eigenvalue weighted by Crippen LogP contribution is 2.18. The van der Waals surface area contributed by atoms with Crippen molar-refractivity contribution in [3.63, 3.8) is 0 Å². The molecule has 0 aliphatic rings. The van der Waals surface area contributed by atoms with Gasteiger partial charge in [0.25, 0.3) is 0 Å². The standard InChI is InChI=1S/C10H7ClN2/c1-2-5-13-10-6-9(11)4-3-8(10)7-12-13/h1,3-4,6-7H,5H2. The molecule has 0 saturated heterocycles. The van der Waals surface area contributed by atoms with Gasteiger partial charge in [-0.2, -0.15) is 5.10 Å². The fourth-order valence-electron chi connectivity index (χ4n) is 1.26. The van der Waals surface area contributed by atoms with Crippen LogP contribution in [0, 0.1) is 12.3 Å². The Balaban J connectivity index is 2.66. The van der Waals surface area contributed by atoms with E-state index in [-0.39, 0.29) is 0 Å². The number of hydrogen-bond donors (Lipinski definition) is 0. The molecule has 2 nitrogen and oxygen atoms in total. The number of benzene rings is 1. The van der Waals surface area contributed by atoms with E-state index in [9.17, 15) is 0 Å². The maximum Gasteiger partial charge on any atom is 0.102 e. The molecule has 0 amide bonds. The molecule has 0 bridgehead atoms. The Morgan fingerprint density at radius 3 is 3.15 bits per heavy atom. The summed E-state index contributed by atoms with van der Waals surface area (Å²) in [5.41, 5.74) is 0.977. The summed E-state index contributed by atoms with van der Waals surface area (Å²) < 4.78 is 1.75. The Kier molecular flexibility index (Phi) is 1.96. The summed E-state index contributed by atoms with van der Waals surface area (Å²) >= 11 is 5.85. The fourth-order valence-corrected chi connectivity index (χ4v) is 1.42. The van der Waals surface area contributed by atoms with E-state index >= 15 is 0 Å². The quantitative estimate of drug-likeness (QED) is 0.631. The van der Waals surface area contributed by atoms with Crippen LogP contribution in [-0.2, 0) is 6.54 Å². The van der Waals surface area contributed by atoms with Crippen molar-refractivity contribution in [2.75, 3.05) is 0 Å². The van der Waals surface area contributed by atoms with Crippen molar-refractivity contribution in [1.82, 2.24) is 9.78 Å². The Morgan fingerprint density at radius 2 is 2.38 bits per heavy atom. The summed E-state index contributed by atoms with van der Waals surface area (Å²) in [6.45, 7) is 0.476. The van der Waals surface area contributed by atoms with Gasteiger partial charge >= 0.3 is 0 Å². The number of fused-ring (bicyclic) bond motifs is 1. The predicted molar refractivity (Wildman–Crippen MR) is 53.6 cm³/mol. The van der Waals surface area contributed by atoms with Crippen molar-refractivity contribution in [2.45, 2.75) is 6.54 Å². The first-order valence-electron chi connectivity index (χ1n) is 3.86. The molecule has 0 spiro atoms. The van der Waals surface area contributed by atoms with Crippen molar-refractivity contribution >= 4 is 22.5 Å². The maximum atomic E-state index is 5.85. The fraction of sp³-hybridized carbons (Fsp3) is 0.100. The van der Waals surface area contributed by atoms with Crippen LogP contribution in [0.3, 0.4) is 0 Å². The monoisotopic (exact) mass is 190 g/mol. The SMILES string of the molecule is C#CCn1ncc2ccc(Cl)cc21. The van der Waals surface area contributed by atoms with E-state index in [1.54, 1.807) is 10.9 Å². The average Bonchev–Trinajstić information content (AvgIpc) is 2.49. The van der Waals surface area contributed by atoms with Gasteiger partial charge in [0.05, 0.1) is 11.7 Å². The Labute approximate surface area is 81.1 Å². The normalized spacial score (nSPS) is 10.2. The molecule has 64 valence electrons. The van der Waals surface area contributed by atoms with E-state index in [1.807, 2.05) is 18.2 Å². The van der Waals surface area contributed by atoms with Crippen molar-refractivity contribution in [2.24, 2.45) is 0 Å². The van der Waals surface area contributed by atoms with Crippen LogP contribution in [-0.4, -0.2) is 9.78 Å². The van der Waals surface area contributed by atoms with Crippen molar-refractivity contribution in [3.8, 4) is 12.3 Å². The van der Waals surface area contributed by atoms with Gasteiger partial charge in [-0.3, -0.25) is 4.68 Å². The molecule has 0 unspecified atom stereocenters. The molecule has 0 saturated carbocycles. The highest BCUT2D eigenvalue weighted by Gasteiger charge is 2.00. The lowest BCUT2D eigenvalue weighted by atomic mass is 10.2.